The van der Waals surface area contributed by atoms with Crippen LogP contribution in [0, 0.1) is 0 Å². The van der Waals surface area contributed by atoms with Crippen molar-refractivity contribution in [2.75, 3.05) is 0 Å². The first-order valence-electron chi connectivity index (χ1n) is 3.71. The van der Waals surface area contributed by atoms with Crippen molar-refractivity contribution < 1.29 is 0 Å². The van der Waals surface area contributed by atoms with Gasteiger partial charge in [-0.2, -0.15) is 0 Å². The molecule has 0 aromatic heterocycles. The highest BCUT2D eigenvalue weighted by Crippen LogP contribution is 2.01. The summed E-state index contributed by atoms with van der Waals surface area (Å²) in [6.45, 7) is 15.5. The summed E-state index contributed by atoms with van der Waals surface area (Å²) < 4.78 is 0. The van der Waals surface area contributed by atoms with E-state index in [1.807, 2.05) is 27.7 Å². The largest absolute Gasteiger partial charge is 0.367 e. The van der Waals surface area contributed by atoms with E-state index in [1.54, 1.807) is 0 Å². The zero-order valence-electron chi connectivity index (χ0n) is 7.91. The maximum atomic E-state index is 3.77. The van der Waals surface area contributed by atoms with Gasteiger partial charge in [-0.25, -0.2) is 0 Å². The summed E-state index contributed by atoms with van der Waals surface area (Å²) in [6, 6.07) is 0. The van der Waals surface area contributed by atoms with Crippen LogP contribution in [0.3, 0.4) is 0 Å². The average Bonchev–Trinajstić information content (AvgIpc) is 1.53. The van der Waals surface area contributed by atoms with Crippen LogP contribution in [0.1, 0.15) is 27.7 Å². The molecule has 0 aliphatic carbocycles. The minimum absolute atomic E-state index is 0.155. The molecule has 0 aromatic rings. The molecule has 0 saturated heterocycles. The van der Waals surface area contributed by atoms with Crippen LogP contribution in [0.2, 0.25) is 0 Å². The summed E-state index contributed by atoms with van der Waals surface area (Å²) in [6.07, 6.45) is 0. The van der Waals surface area contributed by atoms with Crippen molar-refractivity contribution in [1.82, 2.24) is 10.6 Å². The molecule has 0 bridgehead atoms. The van der Waals surface area contributed by atoms with Gasteiger partial charge in [0, 0.05) is 11.4 Å². The van der Waals surface area contributed by atoms with Gasteiger partial charge in [-0.15, -0.1) is 0 Å². The predicted octanol–water partition coefficient (Wildman–Crippen LogP) is 1.97. The van der Waals surface area contributed by atoms with Crippen LogP contribution in [0.4, 0.5) is 0 Å². The fourth-order valence-electron chi connectivity index (χ4n) is 1.10. The Labute approximate surface area is 69.4 Å². The molecule has 0 radical (unpaired) electrons. The Balaban J connectivity index is 3.99. The second-order valence-corrected chi connectivity index (χ2v) is 3.44. The summed E-state index contributed by atoms with van der Waals surface area (Å²) >= 11 is 0. The third-order valence-corrected chi connectivity index (χ3v) is 1.05. The molecule has 0 heterocycles. The molecule has 0 aliphatic heterocycles. The van der Waals surface area contributed by atoms with Gasteiger partial charge in [0.05, 0.1) is 0 Å². The molecular weight excluding hydrogens is 136 g/mol. The van der Waals surface area contributed by atoms with Crippen molar-refractivity contribution >= 4 is 0 Å². The van der Waals surface area contributed by atoms with Gasteiger partial charge < -0.3 is 10.6 Å². The molecule has 11 heavy (non-hydrogen) atoms. The fourth-order valence-corrected chi connectivity index (χ4v) is 1.10. The second kappa shape index (κ2) is 3.46. The van der Waals surface area contributed by atoms with Gasteiger partial charge in [0.1, 0.15) is 5.66 Å². The topological polar surface area (TPSA) is 24.1 Å². The first kappa shape index (κ1) is 10.1. The summed E-state index contributed by atoms with van der Waals surface area (Å²) in [5, 5.41) is 6.37. The van der Waals surface area contributed by atoms with E-state index in [9.17, 15) is 0 Å². The fraction of sp³-hybridized carbons (Fsp3) is 0.556. The first-order chi connectivity index (χ1) is 4.83. The molecule has 0 rings (SSSR count). The van der Waals surface area contributed by atoms with E-state index >= 15 is 0 Å². The number of allylic oxidation sites excluding steroid dienone is 2. The first-order valence-corrected chi connectivity index (χ1v) is 3.71. The Bertz CT molecular complexity index is 150. The summed E-state index contributed by atoms with van der Waals surface area (Å²) in [5.74, 6) is 0. The van der Waals surface area contributed by atoms with Crippen LogP contribution >= 0.6 is 0 Å². The second-order valence-electron chi connectivity index (χ2n) is 3.44. The predicted molar refractivity (Wildman–Crippen MR) is 50.0 cm³/mol. The third-order valence-electron chi connectivity index (χ3n) is 1.05. The minimum Gasteiger partial charge on any atom is -0.367 e. The summed E-state index contributed by atoms with van der Waals surface area (Å²) in [7, 11) is 0. The Morgan fingerprint density at radius 2 is 1.27 bits per heavy atom. The average molecular weight is 154 g/mol. The molecule has 2 N–H and O–H groups in total. The highest BCUT2D eigenvalue weighted by Gasteiger charge is 2.14. The molecule has 64 valence electrons. The standard InChI is InChI=1S/C9H18N2/c1-7(2)10-9(5,6)11-8(3)4/h10-11H,1,3H2,2,4-6H3. The van der Waals surface area contributed by atoms with E-state index in [0.717, 1.165) is 11.4 Å². The molecule has 0 amide bonds. The van der Waals surface area contributed by atoms with E-state index in [2.05, 4.69) is 23.8 Å². The summed E-state index contributed by atoms with van der Waals surface area (Å²) in [5.41, 5.74) is 1.74. The molecule has 0 atom stereocenters. The highest BCUT2D eigenvalue weighted by atomic mass is 15.2. The molecule has 0 aromatic carbocycles. The lowest BCUT2D eigenvalue weighted by molar-refractivity contribution is 0.372. The highest BCUT2D eigenvalue weighted by molar-refractivity contribution is 4.98. The zero-order chi connectivity index (χ0) is 9.07. The number of nitrogens with one attached hydrogen (secondary N) is 2. The van der Waals surface area contributed by atoms with Gasteiger partial charge in [-0.3, -0.25) is 0 Å². The van der Waals surface area contributed by atoms with Gasteiger partial charge in [0.15, 0.2) is 0 Å². The van der Waals surface area contributed by atoms with E-state index in [1.165, 1.54) is 0 Å². The van der Waals surface area contributed by atoms with E-state index in [-0.39, 0.29) is 5.66 Å². The lowest BCUT2D eigenvalue weighted by Gasteiger charge is -2.30. The Morgan fingerprint density at radius 1 is 1.00 bits per heavy atom. The molecule has 2 heteroatoms. The Kier molecular flexibility index (Phi) is 3.18. The number of hydrogen-bond acceptors (Lipinski definition) is 2. The van der Waals surface area contributed by atoms with Crippen molar-refractivity contribution in [2.24, 2.45) is 0 Å². The number of hydrogen-bond donors (Lipinski definition) is 2. The van der Waals surface area contributed by atoms with Crippen LogP contribution in [-0.2, 0) is 0 Å². The smallest absolute Gasteiger partial charge is 0.101 e. The monoisotopic (exact) mass is 154 g/mol. The molecule has 0 saturated carbocycles. The lowest BCUT2D eigenvalue weighted by atomic mass is 10.2. The maximum Gasteiger partial charge on any atom is 0.101 e. The van der Waals surface area contributed by atoms with Crippen molar-refractivity contribution in [3.8, 4) is 0 Å². The van der Waals surface area contributed by atoms with Gasteiger partial charge in [0.2, 0.25) is 0 Å². The Morgan fingerprint density at radius 3 is 1.45 bits per heavy atom. The summed E-state index contributed by atoms with van der Waals surface area (Å²) in [4.78, 5) is 0. The van der Waals surface area contributed by atoms with Crippen molar-refractivity contribution in [1.29, 1.82) is 0 Å². The van der Waals surface area contributed by atoms with Crippen LogP contribution in [0.15, 0.2) is 24.6 Å². The quantitative estimate of drug-likeness (QED) is 0.605. The normalized spacial score (nSPS) is 10.5. The minimum atomic E-state index is -0.155. The van der Waals surface area contributed by atoms with Crippen molar-refractivity contribution in [3.05, 3.63) is 24.6 Å². The molecule has 0 spiro atoms. The van der Waals surface area contributed by atoms with Crippen molar-refractivity contribution in [2.45, 2.75) is 33.4 Å². The van der Waals surface area contributed by atoms with Gasteiger partial charge >= 0.3 is 0 Å². The number of rotatable bonds is 4. The van der Waals surface area contributed by atoms with Crippen LogP contribution < -0.4 is 10.6 Å². The van der Waals surface area contributed by atoms with E-state index < -0.39 is 0 Å². The molecule has 0 fully saturated rings. The van der Waals surface area contributed by atoms with Gasteiger partial charge in [-0.05, 0) is 27.7 Å². The molecule has 0 unspecified atom stereocenters. The van der Waals surface area contributed by atoms with Crippen LogP contribution in [0.25, 0.3) is 0 Å². The van der Waals surface area contributed by atoms with Crippen LogP contribution in [-0.4, -0.2) is 5.66 Å². The SMILES string of the molecule is C=C(C)NC(C)(C)NC(=C)C. The van der Waals surface area contributed by atoms with Crippen molar-refractivity contribution in [3.63, 3.8) is 0 Å². The van der Waals surface area contributed by atoms with Crippen LogP contribution in [0.5, 0.6) is 0 Å². The van der Waals surface area contributed by atoms with Gasteiger partial charge in [0.25, 0.3) is 0 Å². The Hall–Kier alpha value is -0.920. The lowest BCUT2D eigenvalue weighted by Crippen LogP contribution is -2.49. The van der Waals surface area contributed by atoms with Gasteiger partial charge in [-0.1, -0.05) is 13.2 Å². The molecular formula is C9H18N2. The molecule has 2 nitrogen and oxygen atoms in total. The zero-order valence-corrected chi connectivity index (χ0v) is 7.91. The van der Waals surface area contributed by atoms with E-state index in [4.69, 9.17) is 0 Å². The van der Waals surface area contributed by atoms with E-state index in [0.29, 0.717) is 0 Å². The third kappa shape index (κ3) is 5.52. The maximum absolute atomic E-state index is 3.77. The molecule has 0 aliphatic rings.